The van der Waals surface area contributed by atoms with E-state index in [4.69, 9.17) is 22.9 Å². The molecule has 0 fully saturated rings. The fourth-order valence-corrected chi connectivity index (χ4v) is 0.236. The Morgan fingerprint density at radius 3 is 0.700 bits per heavy atom. The molecule has 64 valence electrons. The Morgan fingerprint density at radius 2 is 0.700 bits per heavy atom. The molecule has 0 saturated carbocycles. The summed E-state index contributed by atoms with van der Waals surface area (Å²) in [5.74, 6) is 0. The van der Waals surface area contributed by atoms with Crippen LogP contribution in [0.5, 0.6) is 0 Å². The van der Waals surface area contributed by atoms with Crippen molar-refractivity contribution < 1.29 is 0 Å². The van der Waals surface area contributed by atoms with Gasteiger partial charge in [0.25, 0.3) is 0 Å². The van der Waals surface area contributed by atoms with Gasteiger partial charge in [-0.2, -0.15) is 0 Å². The number of rotatable bonds is 4. The minimum atomic E-state index is 0.719. The molecule has 0 aromatic carbocycles. The molecular formula is C6H20N4. The number of hydrogen-bond donors (Lipinski definition) is 4. The van der Waals surface area contributed by atoms with E-state index in [0.29, 0.717) is 0 Å². The van der Waals surface area contributed by atoms with Crippen molar-refractivity contribution >= 4 is 0 Å². The average molecular weight is 148 g/mol. The highest BCUT2D eigenvalue weighted by atomic mass is 14.6. The van der Waals surface area contributed by atoms with Crippen LogP contribution in [-0.2, 0) is 0 Å². The summed E-state index contributed by atoms with van der Waals surface area (Å²) < 4.78 is 0. The minimum Gasteiger partial charge on any atom is -0.330 e. The summed E-state index contributed by atoms with van der Waals surface area (Å²) in [5, 5.41) is 0. The monoisotopic (exact) mass is 148 g/mol. The Morgan fingerprint density at radius 1 is 0.500 bits per heavy atom. The maximum Gasteiger partial charge on any atom is -0.00653 e. The van der Waals surface area contributed by atoms with Gasteiger partial charge in [0.05, 0.1) is 0 Å². The molecular weight excluding hydrogens is 128 g/mol. The highest BCUT2D eigenvalue weighted by molar-refractivity contribution is 4.34. The molecule has 0 radical (unpaired) electrons. The summed E-state index contributed by atoms with van der Waals surface area (Å²) in [7, 11) is 0. The molecule has 0 unspecified atom stereocenters. The lowest BCUT2D eigenvalue weighted by molar-refractivity contribution is 0.844. The van der Waals surface area contributed by atoms with E-state index in [0.717, 1.165) is 39.0 Å². The zero-order chi connectivity index (χ0) is 8.24. The molecule has 10 heavy (non-hydrogen) atoms. The maximum absolute atomic E-state index is 5.06. The van der Waals surface area contributed by atoms with Crippen LogP contribution in [0, 0.1) is 0 Å². The van der Waals surface area contributed by atoms with Crippen LogP contribution in [-0.4, -0.2) is 26.2 Å². The summed E-state index contributed by atoms with van der Waals surface area (Å²) in [4.78, 5) is 0. The molecule has 4 heteroatoms. The third kappa shape index (κ3) is 24.9. The molecule has 8 N–H and O–H groups in total. The quantitative estimate of drug-likeness (QED) is 0.393. The lowest BCUT2D eigenvalue weighted by Crippen LogP contribution is -2.06. The van der Waals surface area contributed by atoms with E-state index in [1.54, 1.807) is 0 Å². The van der Waals surface area contributed by atoms with Crippen molar-refractivity contribution in [1.82, 2.24) is 0 Å². The SMILES string of the molecule is NCCCN.NCCCN. The highest BCUT2D eigenvalue weighted by Crippen LogP contribution is 1.58. The van der Waals surface area contributed by atoms with E-state index in [2.05, 4.69) is 0 Å². The fourth-order valence-electron chi connectivity index (χ4n) is 0.236. The van der Waals surface area contributed by atoms with E-state index in [1.165, 1.54) is 0 Å². The molecule has 4 nitrogen and oxygen atoms in total. The zero-order valence-electron chi connectivity index (χ0n) is 6.55. The van der Waals surface area contributed by atoms with Crippen LogP contribution in [0.15, 0.2) is 0 Å². The van der Waals surface area contributed by atoms with E-state index < -0.39 is 0 Å². The van der Waals surface area contributed by atoms with Gasteiger partial charge in [0, 0.05) is 0 Å². The second-order valence-electron chi connectivity index (χ2n) is 1.86. The summed E-state index contributed by atoms with van der Waals surface area (Å²) in [6.45, 7) is 2.88. The Kier molecular flexibility index (Phi) is 19.9. The summed E-state index contributed by atoms with van der Waals surface area (Å²) in [6.07, 6.45) is 1.89. The molecule has 0 amide bonds. The summed E-state index contributed by atoms with van der Waals surface area (Å²) >= 11 is 0. The predicted molar refractivity (Wildman–Crippen MR) is 45.5 cm³/mol. The standard InChI is InChI=1S/2C3H10N2/c2*4-2-1-3-5/h2*1-5H2. The lowest BCUT2D eigenvalue weighted by atomic mass is 10.4. The van der Waals surface area contributed by atoms with Crippen LogP contribution < -0.4 is 22.9 Å². The number of nitrogens with two attached hydrogens (primary N) is 4. The Balaban J connectivity index is 0. The van der Waals surface area contributed by atoms with Crippen LogP contribution in [0.2, 0.25) is 0 Å². The van der Waals surface area contributed by atoms with Gasteiger partial charge in [-0.25, -0.2) is 0 Å². The van der Waals surface area contributed by atoms with Crippen molar-refractivity contribution in [2.45, 2.75) is 12.8 Å². The molecule has 0 atom stereocenters. The highest BCUT2D eigenvalue weighted by Gasteiger charge is 1.68. The van der Waals surface area contributed by atoms with Crippen molar-refractivity contribution in [2.75, 3.05) is 26.2 Å². The molecule has 0 aromatic heterocycles. The van der Waals surface area contributed by atoms with E-state index in [9.17, 15) is 0 Å². The van der Waals surface area contributed by atoms with Gasteiger partial charge in [0.15, 0.2) is 0 Å². The first-order valence-electron chi connectivity index (χ1n) is 3.63. The minimum absolute atomic E-state index is 0.719. The topological polar surface area (TPSA) is 104 Å². The van der Waals surface area contributed by atoms with Crippen LogP contribution in [0.1, 0.15) is 12.8 Å². The molecule has 0 heterocycles. The Hall–Kier alpha value is -0.160. The summed E-state index contributed by atoms with van der Waals surface area (Å²) in [5.41, 5.74) is 20.2. The van der Waals surface area contributed by atoms with E-state index >= 15 is 0 Å². The molecule has 0 saturated heterocycles. The molecule has 0 rings (SSSR count). The first kappa shape index (κ1) is 12.5. The van der Waals surface area contributed by atoms with Gasteiger partial charge in [-0.1, -0.05) is 0 Å². The zero-order valence-corrected chi connectivity index (χ0v) is 6.55. The van der Waals surface area contributed by atoms with Gasteiger partial charge < -0.3 is 22.9 Å². The lowest BCUT2D eigenvalue weighted by Gasteiger charge is -1.81. The first-order valence-corrected chi connectivity index (χ1v) is 3.63. The summed E-state index contributed by atoms with van der Waals surface area (Å²) in [6, 6.07) is 0. The average Bonchev–Trinajstić information content (AvgIpc) is 1.93. The third-order valence-corrected chi connectivity index (χ3v) is 0.816. The van der Waals surface area contributed by atoms with E-state index in [-0.39, 0.29) is 0 Å². The van der Waals surface area contributed by atoms with Crippen molar-refractivity contribution in [3.8, 4) is 0 Å². The molecule has 0 aliphatic heterocycles. The second kappa shape index (κ2) is 15.9. The number of hydrogen-bond acceptors (Lipinski definition) is 4. The van der Waals surface area contributed by atoms with Gasteiger partial charge in [-0.3, -0.25) is 0 Å². The first-order chi connectivity index (χ1) is 4.83. The fraction of sp³-hybridized carbons (Fsp3) is 1.00. The molecule has 0 bridgehead atoms. The van der Waals surface area contributed by atoms with Gasteiger partial charge in [0.2, 0.25) is 0 Å². The van der Waals surface area contributed by atoms with Crippen molar-refractivity contribution in [3.05, 3.63) is 0 Å². The van der Waals surface area contributed by atoms with Crippen LogP contribution >= 0.6 is 0 Å². The van der Waals surface area contributed by atoms with Crippen molar-refractivity contribution in [1.29, 1.82) is 0 Å². The molecule has 0 aliphatic carbocycles. The van der Waals surface area contributed by atoms with Gasteiger partial charge in [-0.15, -0.1) is 0 Å². The predicted octanol–water partition coefficient (Wildman–Crippen LogP) is -1.41. The van der Waals surface area contributed by atoms with E-state index in [1.807, 2.05) is 0 Å². The Bertz CT molecular complexity index is 30.7. The third-order valence-electron chi connectivity index (χ3n) is 0.816. The molecule has 0 aliphatic rings. The van der Waals surface area contributed by atoms with Crippen molar-refractivity contribution in [2.24, 2.45) is 22.9 Å². The molecule has 0 spiro atoms. The van der Waals surface area contributed by atoms with Gasteiger partial charge >= 0.3 is 0 Å². The Labute approximate surface area is 62.9 Å². The maximum atomic E-state index is 5.06. The van der Waals surface area contributed by atoms with Crippen LogP contribution in [0.25, 0.3) is 0 Å². The molecule has 0 aromatic rings. The van der Waals surface area contributed by atoms with Crippen LogP contribution in [0.4, 0.5) is 0 Å². The normalized spacial score (nSPS) is 8.40. The smallest absolute Gasteiger partial charge is 0.00653 e. The second-order valence-corrected chi connectivity index (χ2v) is 1.86. The largest absolute Gasteiger partial charge is 0.330 e. The van der Waals surface area contributed by atoms with Crippen LogP contribution in [0.3, 0.4) is 0 Å². The van der Waals surface area contributed by atoms with Gasteiger partial charge in [-0.05, 0) is 39.0 Å². The van der Waals surface area contributed by atoms with Crippen molar-refractivity contribution in [3.63, 3.8) is 0 Å². The van der Waals surface area contributed by atoms with Gasteiger partial charge in [0.1, 0.15) is 0 Å².